The van der Waals surface area contributed by atoms with E-state index in [0.29, 0.717) is 0 Å². The molecular formula is C11H8Cl3N3O3S. The zero-order valence-corrected chi connectivity index (χ0v) is 13.6. The van der Waals surface area contributed by atoms with Crippen LogP contribution in [0.15, 0.2) is 29.3 Å². The van der Waals surface area contributed by atoms with Gasteiger partial charge in [0, 0.05) is 10.0 Å². The standard InChI is InChI=1S/C11H8Cl3N3O3S/c1-20-9-5-15-11(14)16-10(9)17-21(18,19)8-3-6(12)2-7(13)4-8/h2-5H,1H3,(H,15,16,17). The molecule has 0 aliphatic heterocycles. The van der Waals surface area contributed by atoms with Gasteiger partial charge in [-0.15, -0.1) is 0 Å². The molecule has 0 aliphatic rings. The van der Waals surface area contributed by atoms with E-state index in [1.807, 2.05) is 0 Å². The molecule has 1 aromatic carbocycles. The lowest BCUT2D eigenvalue weighted by atomic mass is 10.4. The van der Waals surface area contributed by atoms with Gasteiger partial charge in [0.15, 0.2) is 11.6 Å². The van der Waals surface area contributed by atoms with Crippen molar-refractivity contribution in [3.63, 3.8) is 0 Å². The average Bonchev–Trinajstić information content (AvgIpc) is 2.37. The molecule has 0 atom stereocenters. The number of rotatable bonds is 4. The van der Waals surface area contributed by atoms with Crippen LogP contribution in [-0.2, 0) is 10.0 Å². The van der Waals surface area contributed by atoms with Crippen molar-refractivity contribution in [2.24, 2.45) is 0 Å². The molecule has 0 spiro atoms. The summed E-state index contributed by atoms with van der Waals surface area (Å²) in [5.74, 6) is 0.0321. The van der Waals surface area contributed by atoms with E-state index in [4.69, 9.17) is 39.5 Å². The molecule has 0 radical (unpaired) electrons. The van der Waals surface area contributed by atoms with Crippen LogP contribution in [0.5, 0.6) is 5.75 Å². The van der Waals surface area contributed by atoms with Crippen LogP contribution in [0, 0.1) is 0 Å². The first kappa shape index (κ1) is 16.1. The molecule has 21 heavy (non-hydrogen) atoms. The Morgan fingerprint density at radius 3 is 2.33 bits per heavy atom. The van der Waals surface area contributed by atoms with E-state index in [-0.39, 0.29) is 31.8 Å². The molecule has 10 heteroatoms. The number of halogens is 3. The SMILES string of the molecule is COc1cnc(Cl)nc1NS(=O)(=O)c1cc(Cl)cc(Cl)c1. The molecule has 6 nitrogen and oxygen atoms in total. The number of sulfonamides is 1. The van der Waals surface area contributed by atoms with Crippen molar-refractivity contribution in [3.05, 3.63) is 39.7 Å². The van der Waals surface area contributed by atoms with Gasteiger partial charge in [-0.3, -0.25) is 4.72 Å². The summed E-state index contributed by atoms with van der Waals surface area (Å²) in [7, 11) is -2.61. The van der Waals surface area contributed by atoms with Crippen molar-refractivity contribution < 1.29 is 13.2 Å². The molecule has 0 bridgehead atoms. The van der Waals surface area contributed by atoms with Gasteiger partial charge >= 0.3 is 0 Å². The van der Waals surface area contributed by atoms with Crippen LogP contribution in [0.4, 0.5) is 5.82 Å². The van der Waals surface area contributed by atoms with Gasteiger partial charge in [0.25, 0.3) is 10.0 Å². The van der Waals surface area contributed by atoms with Crippen molar-refractivity contribution in [2.75, 3.05) is 11.8 Å². The van der Waals surface area contributed by atoms with E-state index in [0.717, 1.165) is 0 Å². The second-order valence-electron chi connectivity index (χ2n) is 3.77. The lowest BCUT2D eigenvalue weighted by molar-refractivity contribution is 0.413. The van der Waals surface area contributed by atoms with Crippen LogP contribution in [0.3, 0.4) is 0 Å². The lowest BCUT2D eigenvalue weighted by Crippen LogP contribution is -2.15. The Balaban J connectivity index is 2.44. The summed E-state index contributed by atoms with van der Waals surface area (Å²) in [4.78, 5) is 7.35. The van der Waals surface area contributed by atoms with Crippen LogP contribution >= 0.6 is 34.8 Å². The molecule has 112 valence electrons. The highest BCUT2D eigenvalue weighted by Crippen LogP contribution is 2.27. The van der Waals surface area contributed by atoms with Gasteiger partial charge in [0.05, 0.1) is 18.2 Å². The lowest BCUT2D eigenvalue weighted by Gasteiger charge is -2.11. The minimum absolute atomic E-state index is 0.0893. The first-order chi connectivity index (χ1) is 9.81. The van der Waals surface area contributed by atoms with E-state index in [2.05, 4.69) is 14.7 Å². The van der Waals surface area contributed by atoms with Gasteiger partial charge < -0.3 is 4.74 Å². The molecule has 1 aromatic heterocycles. The smallest absolute Gasteiger partial charge is 0.263 e. The molecule has 0 fully saturated rings. The maximum atomic E-state index is 12.3. The second kappa shape index (κ2) is 6.23. The molecule has 1 heterocycles. The predicted octanol–water partition coefficient (Wildman–Crippen LogP) is 3.25. The molecule has 2 aromatic rings. The van der Waals surface area contributed by atoms with Crippen LogP contribution in [-0.4, -0.2) is 25.5 Å². The van der Waals surface area contributed by atoms with E-state index in [1.54, 1.807) is 0 Å². The van der Waals surface area contributed by atoms with Crippen LogP contribution in [0.1, 0.15) is 0 Å². The fraction of sp³-hybridized carbons (Fsp3) is 0.0909. The number of ether oxygens (including phenoxy) is 1. The predicted molar refractivity (Wildman–Crippen MR) is 80.9 cm³/mol. The Hall–Kier alpha value is -1.28. The summed E-state index contributed by atoms with van der Waals surface area (Å²) in [5, 5.41) is 0.253. The Kier molecular flexibility index (Phi) is 4.77. The third kappa shape index (κ3) is 3.88. The summed E-state index contributed by atoms with van der Waals surface area (Å²) >= 11 is 17.2. The largest absolute Gasteiger partial charge is 0.491 e. The minimum Gasteiger partial charge on any atom is -0.491 e. The average molecular weight is 369 g/mol. The van der Waals surface area contributed by atoms with Gasteiger partial charge in [-0.05, 0) is 29.8 Å². The molecule has 1 N–H and O–H groups in total. The van der Waals surface area contributed by atoms with Crippen molar-refractivity contribution in [1.82, 2.24) is 9.97 Å². The number of nitrogens with one attached hydrogen (secondary N) is 1. The molecule has 0 aliphatic carbocycles. The summed E-state index contributed by atoms with van der Waals surface area (Å²) in [6.07, 6.45) is 1.25. The minimum atomic E-state index is -3.96. The van der Waals surface area contributed by atoms with Gasteiger partial charge in [-0.2, -0.15) is 4.98 Å². The normalized spacial score (nSPS) is 11.2. The third-order valence-corrected chi connectivity index (χ3v) is 4.26. The highest BCUT2D eigenvalue weighted by atomic mass is 35.5. The Bertz CT molecular complexity index is 763. The van der Waals surface area contributed by atoms with Crippen molar-refractivity contribution in [1.29, 1.82) is 0 Å². The Morgan fingerprint density at radius 2 is 1.76 bits per heavy atom. The first-order valence-electron chi connectivity index (χ1n) is 5.37. The zero-order chi connectivity index (χ0) is 15.6. The van der Waals surface area contributed by atoms with Gasteiger partial charge in [-0.25, -0.2) is 13.4 Å². The Morgan fingerprint density at radius 1 is 1.14 bits per heavy atom. The third-order valence-electron chi connectivity index (χ3n) is 2.32. The molecule has 0 saturated heterocycles. The monoisotopic (exact) mass is 367 g/mol. The van der Waals surface area contributed by atoms with Crippen molar-refractivity contribution in [2.45, 2.75) is 4.90 Å². The summed E-state index contributed by atoms with van der Waals surface area (Å²) < 4.78 is 31.8. The van der Waals surface area contributed by atoms with Crippen LogP contribution in [0.2, 0.25) is 15.3 Å². The van der Waals surface area contributed by atoms with E-state index >= 15 is 0 Å². The highest BCUT2D eigenvalue weighted by molar-refractivity contribution is 7.92. The van der Waals surface area contributed by atoms with Crippen LogP contribution < -0.4 is 9.46 Å². The number of aromatic nitrogens is 2. The fourth-order valence-electron chi connectivity index (χ4n) is 1.44. The molecule has 0 unspecified atom stereocenters. The van der Waals surface area contributed by atoms with E-state index in [9.17, 15) is 8.42 Å². The quantitative estimate of drug-likeness (QED) is 0.838. The second-order valence-corrected chi connectivity index (χ2v) is 6.66. The van der Waals surface area contributed by atoms with Crippen LogP contribution in [0.25, 0.3) is 0 Å². The molecule has 2 rings (SSSR count). The topological polar surface area (TPSA) is 81.2 Å². The van der Waals surface area contributed by atoms with Crippen molar-refractivity contribution in [3.8, 4) is 5.75 Å². The maximum absolute atomic E-state index is 12.3. The maximum Gasteiger partial charge on any atom is 0.263 e. The molecule has 0 saturated carbocycles. The number of benzene rings is 1. The summed E-state index contributed by atoms with van der Waals surface area (Å²) in [6.45, 7) is 0. The zero-order valence-electron chi connectivity index (χ0n) is 10.5. The molecular weight excluding hydrogens is 361 g/mol. The Labute approximate surface area is 136 Å². The van der Waals surface area contributed by atoms with Gasteiger partial charge in [0.1, 0.15) is 0 Å². The van der Waals surface area contributed by atoms with Gasteiger partial charge in [-0.1, -0.05) is 23.2 Å². The number of methoxy groups -OCH3 is 1. The summed E-state index contributed by atoms with van der Waals surface area (Å²) in [6, 6.07) is 3.93. The van der Waals surface area contributed by atoms with E-state index in [1.165, 1.54) is 31.5 Å². The van der Waals surface area contributed by atoms with Crippen molar-refractivity contribution >= 4 is 50.6 Å². The first-order valence-corrected chi connectivity index (χ1v) is 7.99. The fourth-order valence-corrected chi connectivity index (χ4v) is 3.31. The number of hydrogen-bond acceptors (Lipinski definition) is 5. The number of hydrogen-bond donors (Lipinski definition) is 1. The summed E-state index contributed by atoms with van der Waals surface area (Å²) in [5.41, 5.74) is 0. The van der Waals surface area contributed by atoms with E-state index < -0.39 is 10.0 Å². The van der Waals surface area contributed by atoms with Gasteiger partial charge in [0.2, 0.25) is 5.28 Å². The highest BCUT2D eigenvalue weighted by Gasteiger charge is 2.19. The molecule has 0 amide bonds. The number of anilines is 1. The number of nitrogens with zero attached hydrogens (tertiary/aromatic N) is 2.